The second-order valence-electron chi connectivity index (χ2n) is 9.37. The Bertz CT molecular complexity index is 1610. The third kappa shape index (κ3) is 7.24. The number of carbonyl (C=O) groups is 1. The molecule has 0 saturated heterocycles. The van der Waals surface area contributed by atoms with E-state index in [-0.39, 0.29) is 17.5 Å². The van der Waals surface area contributed by atoms with Crippen molar-refractivity contribution in [3.63, 3.8) is 0 Å². The standard InChI is InChI=1S/C30H19ClF9NO2/c31-24-14-19(9-10-25(24)33)28(16-17-5-2-1-3-6-17,41-26(42)18-7-4-8-20(11-18)29(36,37)38)21-12-22(32)15-23(13-21)43-30(39,40)27(34)35/h1-15,27H,16H2,(H,41,42)/t28-/m1/s1. The minimum Gasteiger partial charge on any atom is -0.428 e. The Kier molecular flexibility index (Phi) is 9.00. The molecule has 0 spiro atoms. The minimum atomic E-state index is -5.03. The minimum absolute atomic E-state index is 0.0553. The summed E-state index contributed by atoms with van der Waals surface area (Å²) in [5.74, 6) is -4.34. The average molecular weight is 632 g/mol. The molecule has 0 bridgehead atoms. The molecule has 43 heavy (non-hydrogen) atoms. The fraction of sp³-hybridized carbons (Fsp3) is 0.167. The molecular weight excluding hydrogens is 613 g/mol. The van der Waals surface area contributed by atoms with E-state index in [0.717, 1.165) is 48.5 Å². The van der Waals surface area contributed by atoms with Gasteiger partial charge >= 0.3 is 18.7 Å². The molecule has 0 aliphatic rings. The van der Waals surface area contributed by atoms with Gasteiger partial charge in [-0.3, -0.25) is 4.79 Å². The fourth-order valence-electron chi connectivity index (χ4n) is 4.40. The summed E-state index contributed by atoms with van der Waals surface area (Å²) in [5, 5.41) is 2.08. The Labute approximate surface area is 243 Å². The lowest BCUT2D eigenvalue weighted by Crippen LogP contribution is -2.49. The van der Waals surface area contributed by atoms with Gasteiger partial charge in [0.15, 0.2) is 0 Å². The summed E-state index contributed by atoms with van der Waals surface area (Å²) in [5.41, 5.74) is -3.70. The number of nitrogens with one attached hydrogen (secondary N) is 1. The second kappa shape index (κ2) is 12.2. The lowest BCUT2D eigenvalue weighted by molar-refractivity contribution is -0.253. The summed E-state index contributed by atoms with van der Waals surface area (Å²) in [7, 11) is 0. The van der Waals surface area contributed by atoms with Gasteiger partial charge < -0.3 is 10.1 Å². The number of alkyl halides is 7. The molecule has 0 radical (unpaired) electrons. The maximum atomic E-state index is 14.9. The smallest absolute Gasteiger partial charge is 0.428 e. The Morgan fingerprint density at radius 2 is 1.49 bits per heavy atom. The van der Waals surface area contributed by atoms with Crippen LogP contribution in [0.4, 0.5) is 39.5 Å². The van der Waals surface area contributed by atoms with E-state index in [0.29, 0.717) is 17.7 Å². The Morgan fingerprint density at radius 1 is 0.791 bits per heavy atom. The molecule has 1 amide bonds. The maximum absolute atomic E-state index is 14.9. The molecule has 1 N–H and O–H groups in total. The molecule has 226 valence electrons. The van der Waals surface area contributed by atoms with Gasteiger partial charge in [-0.2, -0.15) is 30.7 Å². The zero-order valence-corrected chi connectivity index (χ0v) is 22.3. The lowest BCUT2D eigenvalue weighted by Gasteiger charge is -2.37. The molecule has 0 aliphatic heterocycles. The number of rotatable bonds is 9. The fourth-order valence-corrected chi connectivity index (χ4v) is 4.58. The third-order valence-corrected chi connectivity index (χ3v) is 6.67. The van der Waals surface area contributed by atoms with Gasteiger partial charge in [0.25, 0.3) is 5.91 Å². The summed E-state index contributed by atoms with van der Waals surface area (Å²) in [6.07, 6.45) is -14.5. The molecule has 0 fully saturated rings. The van der Waals surface area contributed by atoms with Gasteiger partial charge in [-0.15, -0.1) is 0 Å². The van der Waals surface area contributed by atoms with Crippen LogP contribution in [-0.4, -0.2) is 18.4 Å². The summed E-state index contributed by atoms with van der Waals surface area (Å²) < 4.78 is 127. The van der Waals surface area contributed by atoms with Crippen LogP contribution in [0, 0.1) is 11.6 Å². The summed E-state index contributed by atoms with van der Waals surface area (Å²) in [6.45, 7) is 0. The van der Waals surface area contributed by atoms with E-state index in [1.807, 2.05) is 0 Å². The van der Waals surface area contributed by atoms with Gasteiger partial charge in [-0.05, 0) is 59.2 Å². The van der Waals surface area contributed by atoms with Crippen LogP contribution in [0.2, 0.25) is 5.02 Å². The van der Waals surface area contributed by atoms with Gasteiger partial charge in [0.1, 0.15) is 17.4 Å². The largest absolute Gasteiger partial charge is 0.461 e. The zero-order valence-electron chi connectivity index (χ0n) is 21.5. The number of carbonyl (C=O) groups excluding carboxylic acids is 1. The van der Waals surface area contributed by atoms with Crippen molar-refractivity contribution in [2.75, 3.05) is 0 Å². The summed E-state index contributed by atoms with van der Waals surface area (Å²) >= 11 is 6.03. The Morgan fingerprint density at radius 3 is 2.12 bits per heavy atom. The topological polar surface area (TPSA) is 38.3 Å². The van der Waals surface area contributed by atoms with Crippen LogP contribution in [0.25, 0.3) is 0 Å². The van der Waals surface area contributed by atoms with Gasteiger partial charge in [0, 0.05) is 18.1 Å². The van der Waals surface area contributed by atoms with E-state index in [1.165, 1.54) is 0 Å². The number of benzene rings is 4. The first kappa shape index (κ1) is 31.7. The SMILES string of the molecule is O=C(N[C@@](Cc1ccccc1)(c1cc(F)cc(OC(F)(F)C(F)F)c1)c1ccc(F)c(Cl)c1)c1cccc(C(F)(F)F)c1. The molecular formula is C30H19ClF9NO2. The van der Waals surface area contributed by atoms with Gasteiger partial charge in [0.05, 0.1) is 16.1 Å². The van der Waals surface area contributed by atoms with Crippen LogP contribution in [0.15, 0.2) is 91.0 Å². The van der Waals surface area contributed by atoms with Gasteiger partial charge in [0.2, 0.25) is 0 Å². The van der Waals surface area contributed by atoms with Crippen LogP contribution < -0.4 is 10.1 Å². The van der Waals surface area contributed by atoms with Crippen LogP contribution in [0.5, 0.6) is 5.75 Å². The predicted octanol–water partition coefficient (Wildman–Crippen LogP) is 8.79. The maximum Gasteiger partial charge on any atom is 0.461 e. The molecule has 4 aromatic carbocycles. The molecule has 0 unspecified atom stereocenters. The molecule has 0 heterocycles. The number of ether oxygens (including phenoxy) is 1. The number of amides is 1. The zero-order chi connectivity index (χ0) is 31.6. The van der Waals surface area contributed by atoms with Crippen LogP contribution in [0.3, 0.4) is 0 Å². The van der Waals surface area contributed by atoms with Crippen molar-refractivity contribution >= 4 is 17.5 Å². The quantitative estimate of drug-likeness (QED) is 0.188. The molecule has 4 rings (SSSR count). The van der Waals surface area contributed by atoms with Crippen LogP contribution in [-0.2, 0) is 18.1 Å². The Hall–Kier alpha value is -4.19. The highest BCUT2D eigenvalue weighted by Gasteiger charge is 2.45. The first-order valence-electron chi connectivity index (χ1n) is 12.3. The third-order valence-electron chi connectivity index (χ3n) is 6.38. The highest BCUT2D eigenvalue weighted by Crippen LogP contribution is 2.39. The lowest BCUT2D eigenvalue weighted by atomic mass is 9.77. The molecule has 0 aliphatic carbocycles. The summed E-state index contributed by atoms with van der Waals surface area (Å²) in [6, 6.07) is 16.3. The second-order valence-corrected chi connectivity index (χ2v) is 9.78. The molecule has 4 aromatic rings. The Balaban J connectivity index is 1.97. The van der Waals surface area contributed by atoms with E-state index >= 15 is 0 Å². The summed E-state index contributed by atoms with van der Waals surface area (Å²) in [4.78, 5) is 13.6. The first-order chi connectivity index (χ1) is 20.1. The van der Waals surface area contributed by atoms with E-state index in [4.69, 9.17) is 11.6 Å². The predicted molar refractivity (Wildman–Crippen MR) is 139 cm³/mol. The number of hydrogen-bond donors (Lipinski definition) is 1. The highest BCUT2D eigenvalue weighted by atomic mass is 35.5. The monoisotopic (exact) mass is 631 g/mol. The van der Waals surface area contributed by atoms with Gasteiger partial charge in [-0.25, -0.2) is 8.78 Å². The molecule has 0 saturated carbocycles. The van der Waals surface area contributed by atoms with Crippen LogP contribution in [0.1, 0.15) is 32.6 Å². The van der Waals surface area contributed by atoms with Crippen molar-refractivity contribution in [3.05, 3.63) is 135 Å². The van der Waals surface area contributed by atoms with Crippen molar-refractivity contribution in [2.24, 2.45) is 0 Å². The van der Waals surface area contributed by atoms with E-state index < -0.39 is 63.7 Å². The van der Waals surface area contributed by atoms with Gasteiger partial charge in [-0.1, -0.05) is 54.1 Å². The van der Waals surface area contributed by atoms with Crippen molar-refractivity contribution in [1.82, 2.24) is 5.32 Å². The van der Waals surface area contributed by atoms with Crippen molar-refractivity contribution in [3.8, 4) is 5.75 Å². The van der Waals surface area contributed by atoms with Crippen molar-refractivity contribution < 1.29 is 49.0 Å². The van der Waals surface area contributed by atoms with E-state index in [2.05, 4.69) is 10.1 Å². The van der Waals surface area contributed by atoms with E-state index in [9.17, 15) is 44.3 Å². The van der Waals surface area contributed by atoms with Crippen molar-refractivity contribution in [2.45, 2.75) is 30.7 Å². The number of halogens is 10. The van der Waals surface area contributed by atoms with Crippen molar-refractivity contribution in [1.29, 1.82) is 0 Å². The normalized spacial score (nSPS) is 13.5. The number of hydrogen-bond acceptors (Lipinski definition) is 2. The molecule has 13 heteroatoms. The highest BCUT2D eigenvalue weighted by molar-refractivity contribution is 6.30. The molecule has 3 nitrogen and oxygen atoms in total. The molecule has 0 aromatic heterocycles. The van der Waals surface area contributed by atoms with Crippen LogP contribution >= 0.6 is 11.6 Å². The first-order valence-corrected chi connectivity index (χ1v) is 12.6. The molecule has 1 atom stereocenters. The average Bonchev–Trinajstić information content (AvgIpc) is 2.93. The van der Waals surface area contributed by atoms with E-state index in [1.54, 1.807) is 30.3 Å².